The first-order valence-corrected chi connectivity index (χ1v) is 9.19. The van der Waals surface area contributed by atoms with Gasteiger partial charge in [0.1, 0.15) is 29.6 Å². The molecule has 1 aromatic carbocycles. The first-order chi connectivity index (χ1) is 14.1. The zero-order valence-corrected chi connectivity index (χ0v) is 16.1. The van der Waals surface area contributed by atoms with Gasteiger partial charge in [-0.2, -0.15) is 5.06 Å². The van der Waals surface area contributed by atoms with E-state index in [0.717, 1.165) is 7.11 Å². The molecule has 166 valence electrons. The number of ether oxygens (including phenoxy) is 2. The highest BCUT2D eigenvalue weighted by Crippen LogP contribution is 2.39. The molecule has 0 saturated carbocycles. The number of benzene rings is 1. The lowest BCUT2D eigenvalue weighted by Gasteiger charge is -2.46. The summed E-state index contributed by atoms with van der Waals surface area (Å²) in [6.07, 6.45) is -4.85. The number of carbonyl (C=O) groups is 2. The number of phenols is 1. The van der Waals surface area contributed by atoms with E-state index in [2.05, 4.69) is 10.1 Å². The molecule has 2 aliphatic rings. The SMILES string of the molecule is COC(=O)C(NC(=O)[C@@H](N)Cc1ccc(O)cc1)[C@H]1[C@H](O)[C@]2(O)CO[C@@H]([C@@H]2O)N1O. The van der Waals surface area contributed by atoms with Crippen molar-refractivity contribution in [3.05, 3.63) is 29.8 Å². The van der Waals surface area contributed by atoms with Gasteiger partial charge in [0.05, 0.1) is 25.8 Å². The van der Waals surface area contributed by atoms with Crippen LogP contribution in [0.5, 0.6) is 5.75 Å². The molecule has 1 aromatic rings. The molecule has 0 aromatic heterocycles. The summed E-state index contributed by atoms with van der Waals surface area (Å²) in [5, 5.41) is 53.6. The van der Waals surface area contributed by atoms with Gasteiger partial charge in [-0.05, 0) is 24.1 Å². The van der Waals surface area contributed by atoms with E-state index < -0.39 is 60.6 Å². The molecule has 12 heteroatoms. The molecule has 2 bridgehead atoms. The van der Waals surface area contributed by atoms with E-state index in [0.29, 0.717) is 10.6 Å². The number of methoxy groups -OCH3 is 1. The second-order valence-electron chi connectivity index (χ2n) is 7.44. The molecule has 0 spiro atoms. The number of nitrogens with two attached hydrogens (primary N) is 1. The number of amides is 1. The summed E-state index contributed by atoms with van der Waals surface area (Å²) in [4.78, 5) is 24.9. The summed E-state index contributed by atoms with van der Waals surface area (Å²) in [5.41, 5.74) is 4.41. The van der Waals surface area contributed by atoms with Gasteiger partial charge in [-0.25, -0.2) is 4.79 Å². The van der Waals surface area contributed by atoms with Gasteiger partial charge in [0.2, 0.25) is 5.91 Å². The van der Waals surface area contributed by atoms with Crippen molar-refractivity contribution in [2.45, 2.75) is 48.6 Å². The van der Waals surface area contributed by atoms with E-state index in [1.165, 1.54) is 12.1 Å². The van der Waals surface area contributed by atoms with Crippen LogP contribution in [-0.4, -0.2) is 98.5 Å². The first-order valence-electron chi connectivity index (χ1n) is 9.19. The molecule has 7 atom stereocenters. The number of nitrogens with zero attached hydrogens (tertiary/aromatic N) is 1. The third kappa shape index (κ3) is 3.86. The van der Waals surface area contributed by atoms with Gasteiger partial charge < -0.3 is 46.2 Å². The minimum atomic E-state index is -2.15. The maximum atomic E-state index is 12.6. The van der Waals surface area contributed by atoms with Crippen molar-refractivity contribution in [2.75, 3.05) is 13.7 Å². The first kappa shape index (κ1) is 22.4. The third-order valence-electron chi connectivity index (χ3n) is 5.49. The molecule has 2 fully saturated rings. The number of hydrogen-bond acceptors (Lipinski definition) is 11. The van der Waals surface area contributed by atoms with Crippen molar-refractivity contribution in [3.8, 4) is 5.75 Å². The van der Waals surface area contributed by atoms with Crippen LogP contribution < -0.4 is 11.1 Å². The van der Waals surface area contributed by atoms with Gasteiger partial charge in [0, 0.05) is 0 Å². The molecule has 30 heavy (non-hydrogen) atoms. The molecule has 1 amide bonds. The third-order valence-corrected chi connectivity index (χ3v) is 5.49. The highest BCUT2D eigenvalue weighted by molar-refractivity contribution is 5.88. The highest BCUT2D eigenvalue weighted by atomic mass is 16.6. The number of hydroxylamine groups is 2. The Balaban J connectivity index is 1.78. The number of nitrogens with one attached hydrogen (secondary N) is 1. The Hall–Kier alpha value is -2.32. The second-order valence-corrected chi connectivity index (χ2v) is 7.44. The number of aromatic hydroxyl groups is 1. The average molecular weight is 427 g/mol. The van der Waals surface area contributed by atoms with Gasteiger partial charge >= 0.3 is 5.97 Å². The van der Waals surface area contributed by atoms with Crippen molar-refractivity contribution in [2.24, 2.45) is 5.73 Å². The zero-order valence-electron chi connectivity index (χ0n) is 16.1. The largest absolute Gasteiger partial charge is 0.508 e. The minimum Gasteiger partial charge on any atom is -0.508 e. The number of piperidine rings is 1. The number of aliphatic hydroxyl groups excluding tert-OH is 2. The lowest BCUT2D eigenvalue weighted by Crippen LogP contribution is -2.74. The summed E-state index contributed by atoms with van der Waals surface area (Å²) in [7, 11) is 1.05. The van der Waals surface area contributed by atoms with Gasteiger partial charge in [0.25, 0.3) is 0 Å². The fourth-order valence-corrected chi connectivity index (χ4v) is 3.72. The van der Waals surface area contributed by atoms with Crippen LogP contribution in [0.4, 0.5) is 0 Å². The molecule has 2 saturated heterocycles. The Morgan fingerprint density at radius 3 is 2.57 bits per heavy atom. The zero-order chi connectivity index (χ0) is 22.2. The predicted octanol–water partition coefficient (Wildman–Crippen LogP) is -3.20. The average Bonchev–Trinajstić information content (AvgIpc) is 2.98. The van der Waals surface area contributed by atoms with E-state index in [1.54, 1.807) is 12.1 Å². The fraction of sp³-hybridized carbons (Fsp3) is 0.556. The van der Waals surface area contributed by atoms with Crippen LogP contribution in [0, 0.1) is 0 Å². The predicted molar refractivity (Wildman–Crippen MR) is 97.8 cm³/mol. The van der Waals surface area contributed by atoms with Crippen LogP contribution in [-0.2, 0) is 25.5 Å². The molecule has 12 nitrogen and oxygen atoms in total. The maximum Gasteiger partial charge on any atom is 0.330 e. The summed E-state index contributed by atoms with van der Waals surface area (Å²) >= 11 is 0. The van der Waals surface area contributed by atoms with Crippen LogP contribution in [0.3, 0.4) is 0 Å². The van der Waals surface area contributed by atoms with Gasteiger partial charge in [0.15, 0.2) is 6.23 Å². The molecular formula is C18H25N3O9. The Bertz CT molecular complexity index is 792. The Labute approximate surface area is 171 Å². The Morgan fingerprint density at radius 1 is 1.33 bits per heavy atom. The van der Waals surface area contributed by atoms with Crippen LogP contribution in [0.25, 0.3) is 0 Å². The molecule has 2 heterocycles. The van der Waals surface area contributed by atoms with Crippen LogP contribution in [0.1, 0.15) is 5.56 Å². The van der Waals surface area contributed by atoms with Gasteiger partial charge in [-0.3, -0.25) is 4.79 Å². The Kier molecular flexibility index (Phi) is 6.29. The smallest absolute Gasteiger partial charge is 0.330 e. The summed E-state index contributed by atoms with van der Waals surface area (Å²) in [6, 6.07) is 1.69. The van der Waals surface area contributed by atoms with E-state index in [-0.39, 0.29) is 12.2 Å². The van der Waals surface area contributed by atoms with Crippen molar-refractivity contribution in [1.29, 1.82) is 0 Å². The van der Waals surface area contributed by atoms with Gasteiger partial charge in [-0.15, -0.1) is 0 Å². The number of aliphatic hydroxyl groups is 3. The number of carbonyl (C=O) groups excluding carboxylic acids is 2. The van der Waals surface area contributed by atoms with Crippen LogP contribution >= 0.6 is 0 Å². The number of rotatable bonds is 6. The molecule has 2 aliphatic heterocycles. The minimum absolute atomic E-state index is 0.0498. The molecule has 1 unspecified atom stereocenters. The van der Waals surface area contributed by atoms with E-state index >= 15 is 0 Å². The molecule has 0 radical (unpaired) electrons. The lowest BCUT2D eigenvalue weighted by atomic mass is 9.80. The molecule has 8 N–H and O–H groups in total. The van der Waals surface area contributed by atoms with Crippen molar-refractivity contribution >= 4 is 11.9 Å². The van der Waals surface area contributed by atoms with E-state index in [1.807, 2.05) is 0 Å². The Morgan fingerprint density at radius 2 is 1.97 bits per heavy atom. The second kappa shape index (κ2) is 8.43. The quantitative estimate of drug-likeness (QED) is 0.226. The number of hydrogen-bond donors (Lipinski definition) is 7. The summed E-state index contributed by atoms with van der Waals surface area (Å²) < 4.78 is 9.78. The monoisotopic (exact) mass is 427 g/mol. The summed E-state index contributed by atoms with van der Waals surface area (Å²) in [6.45, 7) is -0.490. The molecular weight excluding hydrogens is 402 g/mol. The number of fused-ring (bicyclic) bond motifs is 2. The molecule has 3 rings (SSSR count). The van der Waals surface area contributed by atoms with E-state index in [4.69, 9.17) is 10.5 Å². The number of esters is 1. The van der Waals surface area contributed by atoms with Crippen molar-refractivity contribution < 1.29 is 44.7 Å². The highest BCUT2D eigenvalue weighted by Gasteiger charge is 2.65. The lowest BCUT2D eigenvalue weighted by molar-refractivity contribution is -0.298. The van der Waals surface area contributed by atoms with Crippen LogP contribution in [0.2, 0.25) is 0 Å². The van der Waals surface area contributed by atoms with E-state index in [9.17, 15) is 35.2 Å². The topological polar surface area (TPSA) is 195 Å². The summed E-state index contributed by atoms with van der Waals surface area (Å²) in [5.74, 6) is -1.75. The fourth-order valence-electron chi connectivity index (χ4n) is 3.72. The maximum absolute atomic E-state index is 12.6. The van der Waals surface area contributed by atoms with Crippen molar-refractivity contribution in [3.63, 3.8) is 0 Å². The number of phenolic OH excluding ortho intramolecular Hbond substituents is 1. The standard InChI is InChI=1S/C18H25N3O9/c1-29-17(26)11(12-13(23)18(27)7-30-16(14(18)24)21(12)28)20-15(25)10(19)6-8-2-4-9(22)5-3-8/h2-5,10-14,16,22-24,27-28H,6-7,19H2,1H3,(H,20,25)/t10-,11?,12-,13-,14-,16-,18+/m0/s1. The van der Waals surface area contributed by atoms with Crippen LogP contribution in [0.15, 0.2) is 24.3 Å². The van der Waals surface area contributed by atoms with Crippen molar-refractivity contribution in [1.82, 2.24) is 10.4 Å². The van der Waals surface area contributed by atoms with Gasteiger partial charge in [-0.1, -0.05) is 12.1 Å². The molecule has 0 aliphatic carbocycles. The normalized spacial score (nSPS) is 33.0.